The lowest BCUT2D eigenvalue weighted by atomic mass is 10.1. The second kappa shape index (κ2) is 6.05. The van der Waals surface area contributed by atoms with Gasteiger partial charge in [0.15, 0.2) is 0 Å². The number of nitrogens with one attached hydrogen (secondary N) is 1. The van der Waals surface area contributed by atoms with Crippen molar-refractivity contribution in [2.24, 2.45) is 5.92 Å². The van der Waals surface area contributed by atoms with Crippen LogP contribution in [0.3, 0.4) is 0 Å². The van der Waals surface area contributed by atoms with Crippen LogP contribution in [0.5, 0.6) is 0 Å². The number of hydrogen-bond acceptors (Lipinski definition) is 2. The summed E-state index contributed by atoms with van der Waals surface area (Å²) < 4.78 is 2.08. The summed E-state index contributed by atoms with van der Waals surface area (Å²) in [6, 6.07) is 4.35. The smallest absolute Gasteiger partial charge is 0.267 e. The van der Waals surface area contributed by atoms with Crippen LogP contribution in [0, 0.1) is 5.92 Å². The average Bonchev–Trinajstić information content (AvgIpc) is 3.11. The van der Waals surface area contributed by atoms with Crippen molar-refractivity contribution < 1.29 is 9.90 Å². The summed E-state index contributed by atoms with van der Waals surface area (Å²) in [6.07, 6.45) is 6.21. The molecule has 1 unspecified atom stereocenters. The van der Waals surface area contributed by atoms with Crippen molar-refractivity contribution in [1.82, 2.24) is 9.88 Å². The van der Waals surface area contributed by atoms with E-state index in [1.54, 1.807) is 0 Å². The first-order valence-corrected chi connectivity index (χ1v) is 6.78. The summed E-state index contributed by atoms with van der Waals surface area (Å²) in [5.74, 6) is 0.334. The predicted molar refractivity (Wildman–Crippen MR) is 70.5 cm³/mol. The highest BCUT2D eigenvalue weighted by atomic mass is 16.3. The van der Waals surface area contributed by atoms with E-state index in [1.165, 1.54) is 12.8 Å². The zero-order valence-corrected chi connectivity index (χ0v) is 10.9. The van der Waals surface area contributed by atoms with Gasteiger partial charge in [-0.25, -0.2) is 0 Å². The fraction of sp³-hybridized carbons (Fsp3) is 0.643. The predicted octanol–water partition coefficient (Wildman–Crippen LogP) is 1.96. The highest BCUT2D eigenvalue weighted by molar-refractivity contribution is 5.92. The van der Waals surface area contributed by atoms with E-state index in [0.717, 1.165) is 18.5 Å². The van der Waals surface area contributed by atoms with Crippen LogP contribution < -0.4 is 5.32 Å². The first-order chi connectivity index (χ1) is 8.72. The molecular formula is C14H22N2O2. The zero-order chi connectivity index (χ0) is 13.0. The van der Waals surface area contributed by atoms with Crippen LogP contribution in [0.25, 0.3) is 0 Å². The number of carbonyl (C=O) groups excluding carboxylic acids is 1. The Balaban J connectivity index is 1.75. The molecule has 0 radical (unpaired) electrons. The number of amides is 1. The Hall–Kier alpha value is -1.29. The number of aliphatic hydroxyl groups is 1. The second-order valence-corrected chi connectivity index (χ2v) is 5.22. The van der Waals surface area contributed by atoms with Crippen molar-refractivity contribution >= 4 is 5.91 Å². The summed E-state index contributed by atoms with van der Waals surface area (Å²) in [5, 5.41) is 11.9. The van der Waals surface area contributed by atoms with Gasteiger partial charge in [-0.1, -0.05) is 6.92 Å². The van der Waals surface area contributed by atoms with Gasteiger partial charge in [-0.2, -0.15) is 0 Å². The summed E-state index contributed by atoms with van der Waals surface area (Å²) in [5.41, 5.74) is 0.771. The Kier molecular flexibility index (Phi) is 4.42. The van der Waals surface area contributed by atoms with Gasteiger partial charge in [-0.3, -0.25) is 4.79 Å². The van der Waals surface area contributed by atoms with Crippen molar-refractivity contribution in [3.63, 3.8) is 0 Å². The van der Waals surface area contributed by atoms with E-state index in [4.69, 9.17) is 5.11 Å². The van der Waals surface area contributed by atoms with E-state index in [2.05, 4.69) is 9.88 Å². The van der Waals surface area contributed by atoms with Crippen LogP contribution >= 0.6 is 0 Å². The molecule has 100 valence electrons. The Bertz CT molecular complexity index is 396. The van der Waals surface area contributed by atoms with Crippen molar-refractivity contribution in [2.45, 2.75) is 38.6 Å². The van der Waals surface area contributed by atoms with Crippen molar-refractivity contribution in [2.75, 3.05) is 13.2 Å². The summed E-state index contributed by atoms with van der Waals surface area (Å²) in [4.78, 5) is 12.0. The van der Waals surface area contributed by atoms with Crippen LogP contribution in [0.15, 0.2) is 18.3 Å². The van der Waals surface area contributed by atoms with E-state index in [-0.39, 0.29) is 12.5 Å². The van der Waals surface area contributed by atoms with Gasteiger partial charge in [0.25, 0.3) is 5.91 Å². The zero-order valence-electron chi connectivity index (χ0n) is 10.9. The van der Waals surface area contributed by atoms with Crippen LogP contribution in [0.2, 0.25) is 0 Å². The van der Waals surface area contributed by atoms with E-state index in [9.17, 15) is 4.79 Å². The Labute approximate surface area is 108 Å². The average molecular weight is 250 g/mol. The van der Waals surface area contributed by atoms with Crippen molar-refractivity contribution in [1.29, 1.82) is 0 Å². The first-order valence-electron chi connectivity index (χ1n) is 6.78. The third-order valence-corrected chi connectivity index (χ3v) is 3.42. The van der Waals surface area contributed by atoms with Gasteiger partial charge < -0.3 is 15.0 Å². The number of carbonyl (C=O) groups is 1. The molecule has 18 heavy (non-hydrogen) atoms. The number of nitrogens with zero attached hydrogens (tertiary/aromatic N) is 1. The maximum absolute atomic E-state index is 12.0. The molecule has 4 heteroatoms. The van der Waals surface area contributed by atoms with Crippen LogP contribution in [-0.2, 0) is 0 Å². The van der Waals surface area contributed by atoms with Gasteiger partial charge in [-0.15, -0.1) is 0 Å². The standard InChI is InChI=1S/C14H22N2O2/c1-11(10-17)4-2-8-15-14(18)13-5-3-9-16(13)12-6-7-12/h3,5,9,11-12,17H,2,4,6-8,10H2,1H3,(H,15,18). The fourth-order valence-corrected chi connectivity index (χ4v) is 2.09. The molecule has 1 saturated carbocycles. The van der Waals surface area contributed by atoms with Crippen LogP contribution in [0.1, 0.15) is 49.1 Å². The molecule has 1 aliphatic carbocycles. The molecule has 0 bridgehead atoms. The first kappa shape index (κ1) is 13.1. The SMILES string of the molecule is CC(CO)CCCNC(=O)c1cccn1C1CC1. The van der Waals surface area contributed by atoms with Gasteiger partial charge in [0, 0.05) is 25.4 Å². The van der Waals surface area contributed by atoms with Crippen molar-refractivity contribution in [3.05, 3.63) is 24.0 Å². The van der Waals surface area contributed by atoms with E-state index in [1.807, 2.05) is 25.3 Å². The number of rotatable bonds is 7. The van der Waals surface area contributed by atoms with Crippen molar-refractivity contribution in [3.8, 4) is 0 Å². The quantitative estimate of drug-likeness (QED) is 0.727. The summed E-state index contributed by atoms with van der Waals surface area (Å²) in [7, 11) is 0. The lowest BCUT2D eigenvalue weighted by Gasteiger charge is -2.10. The third kappa shape index (κ3) is 3.35. The normalized spacial score (nSPS) is 16.6. The number of aliphatic hydroxyl groups excluding tert-OH is 1. The molecule has 2 rings (SSSR count). The highest BCUT2D eigenvalue weighted by Gasteiger charge is 2.26. The van der Waals surface area contributed by atoms with E-state index < -0.39 is 0 Å². The van der Waals surface area contributed by atoms with Crippen LogP contribution in [0.4, 0.5) is 0 Å². The summed E-state index contributed by atoms with van der Waals surface area (Å²) in [6.45, 7) is 2.91. The van der Waals surface area contributed by atoms with Gasteiger partial charge >= 0.3 is 0 Å². The molecule has 1 atom stereocenters. The Morgan fingerprint density at radius 3 is 3.06 bits per heavy atom. The van der Waals surface area contributed by atoms with E-state index in [0.29, 0.717) is 18.5 Å². The minimum atomic E-state index is 0.0172. The lowest BCUT2D eigenvalue weighted by Crippen LogP contribution is -2.27. The second-order valence-electron chi connectivity index (χ2n) is 5.22. The molecule has 0 saturated heterocycles. The molecule has 1 heterocycles. The maximum Gasteiger partial charge on any atom is 0.267 e. The minimum Gasteiger partial charge on any atom is -0.396 e. The number of hydrogen-bond donors (Lipinski definition) is 2. The molecule has 1 aromatic heterocycles. The van der Waals surface area contributed by atoms with Gasteiger partial charge in [0.05, 0.1) is 0 Å². The Morgan fingerprint density at radius 1 is 1.61 bits per heavy atom. The van der Waals surface area contributed by atoms with Gasteiger partial charge in [0.1, 0.15) is 5.69 Å². The topological polar surface area (TPSA) is 54.3 Å². The molecular weight excluding hydrogens is 228 g/mol. The third-order valence-electron chi connectivity index (χ3n) is 3.42. The lowest BCUT2D eigenvalue weighted by molar-refractivity contribution is 0.0942. The fourth-order valence-electron chi connectivity index (χ4n) is 2.09. The van der Waals surface area contributed by atoms with Gasteiger partial charge in [-0.05, 0) is 43.7 Å². The van der Waals surface area contributed by atoms with Crippen LogP contribution in [-0.4, -0.2) is 28.7 Å². The molecule has 0 aliphatic heterocycles. The monoisotopic (exact) mass is 250 g/mol. The minimum absolute atomic E-state index is 0.0172. The molecule has 1 fully saturated rings. The molecule has 1 amide bonds. The largest absolute Gasteiger partial charge is 0.396 e. The maximum atomic E-state index is 12.0. The molecule has 4 nitrogen and oxygen atoms in total. The molecule has 1 aliphatic rings. The molecule has 1 aromatic rings. The molecule has 0 spiro atoms. The Morgan fingerprint density at radius 2 is 2.39 bits per heavy atom. The highest BCUT2D eigenvalue weighted by Crippen LogP contribution is 2.35. The number of aromatic nitrogens is 1. The molecule has 0 aromatic carbocycles. The van der Waals surface area contributed by atoms with Gasteiger partial charge in [0.2, 0.25) is 0 Å². The summed E-state index contributed by atoms with van der Waals surface area (Å²) >= 11 is 0. The van der Waals surface area contributed by atoms with E-state index >= 15 is 0 Å². The molecule has 2 N–H and O–H groups in total.